The summed E-state index contributed by atoms with van der Waals surface area (Å²) in [5.41, 5.74) is -0.596. The molecule has 1 unspecified atom stereocenters. The van der Waals surface area contributed by atoms with E-state index in [2.05, 4.69) is 0 Å². The van der Waals surface area contributed by atoms with Gasteiger partial charge in [-0.15, -0.1) is 0 Å². The van der Waals surface area contributed by atoms with Gasteiger partial charge >= 0.3 is 6.18 Å². The summed E-state index contributed by atoms with van der Waals surface area (Å²) in [4.78, 5) is 24.8. The maximum atomic E-state index is 12.6. The highest BCUT2D eigenvalue weighted by molar-refractivity contribution is 6.19. The summed E-state index contributed by atoms with van der Waals surface area (Å²) in [5, 5.41) is 19.2. The highest BCUT2D eigenvalue weighted by atomic mass is 19.4. The lowest BCUT2D eigenvalue weighted by Gasteiger charge is -2.09. The number of rotatable bonds is 2. The highest BCUT2D eigenvalue weighted by Crippen LogP contribution is 2.39. The van der Waals surface area contributed by atoms with Gasteiger partial charge in [0.15, 0.2) is 23.1 Å². The number of hydrogen-bond donors (Lipinski definition) is 2. The first kappa shape index (κ1) is 16.0. The molecule has 3 rings (SSSR count). The van der Waals surface area contributed by atoms with E-state index >= 15 is 0 Å². The van der Waals surface area contributed by atoms with Crippen molar-refractivity contribution in [2.45, 2.75) is 12.6 Å². The third-order valence-corrected chi connectivity index (χ3v) is 4.04. The lowest BCUT2D eigenvalue weighted by Crippen LogP contribution is -2.21. The molecule has 124 valence electrons. The SMILES string of the molecule is O=C(c1ccc(C(F)(F)F)cc1)C1Cc2ccc(O)c(O)c2C1=O. The molecule has 2 N–H and O–H groups in total. The number of phenols is 2. The van der Waals surface area contributed by atoms with E-state index in [4.69, 9.17) is 0 Å². The second-order valence-corrected chi connectivity index (χ2v) is 5.53. The van der Waals surface area contributed by atoms with Crippen LogP contribution < -0.4 is 0 Å². The number of carbonyl (C=O) groups excluding carboxylic acids is 2. The normalized spacial score (nSPS) is 17.0. The first-order chi connectivity index (χ1) is 11.2. The summed E-state index contributed by atoms with van der Waals surface area (Å²) in [7, 11) is 0. The fourth-order valence-corrected chi connectivity index (χ4v) is 2.79. The van der Waals surface area contributed by atoms with Crippen molar-refractivity contribution >= 4 is 11.6 Å². The van der Waals surface area contributed by atoms with Crippen molar-refractivity contribution in [3.63, 3.8) is 0 Å². The molecule has 0 radical (unpaired) electrons. The molecule has 0 fully saturated rings. The standard InChI is InChI=1S/C17H11F3O4/c18-17(19,20)10-4-1-8(2-5-10)14(22)11-7-9-3-6-12(21)16(24)13(9)15(11)23/h1-6,11,21,24H,7H2. The van der Waals surface area contributed by atoms with Crippen LogP contribution in [0, 0.1) is 5.92 Å². The average Bonchev–Trinajstić information content (AvgIpc) is 2.87. The second-order valence-electron chi connectivity index (χ2n) is 5.53. The number of alkyl halides is 3. The predicted molar refractivity (Wildman–Crippen MR) is 77.1 cm³/mol. The fourth-order valence-electron chi connectivity index (χ4n) is 2.79. The quantitative estimate of drug-likeness (QED) is 0.501. The van der Waals surface area contributed by atoms with Crippen LogP contribution in [0.2, 0.25) is 0 Å². The molecular weight excluding hydrogens is 325 g/mol. The Morgan fingerprint density at radius 3 is 2.25 bits per heavy atom. The Labute approximate surface area is 134 Å². The topological polar surface area (TPSA) is 74.6 Å². The molecule has 1 aliphatic carbocycles. The van der Waals surface area contributed by atoms with E-state index < -0.39 is 40.7 Å². The summed E-state index contributed by atoms with van der Waals surface area (Å²) in [6, 6.07) is 6.26. The molecular formula is C17H11F3O4. The number of benzene rings is 2. The van der Waals surface area contributed by atoms with Crippen LogP contribution in [0.15, 0.2) is 36.4 Å². The largest absolute Gasteiger partial charge is 0.504 e. The second kappa shape index (κ2) is 5.36. The number of carbonyl (C=O) groups is 2. The number of halogens is 3. The Hall–Kier alpha value is -2.83. The van der Waals surface area contributed by atoms with Crippen LogP contribution in [0.1, 0.15) is 31.8 Å². The molecule has 0 heterocycles. The lowest BCUT2D eigenvalue weighted by atomic mass is 9.93. The third-order valence-electron chi connectivity index (χ3n) is 4.04. The molecule has 24 heavy (non-hydrogen) atoms. The van der Waals surface area contributed by atoms with Crippen molar-refractivity contribution in [3.8, 4) is 11.5 Å². The number of phenolic OH excluding ortho intramolecular Hbond substituents is 2. The van der Waals surface area contributed by atoms with Gasteiger partial charge in [-0.3, -0.25) is 9.59 Å². The fraction of sp³-hybridized carbons (Fsp3) is 0.176. The van der Waals surface area contributed by atoms with Crippen LogP contribution in [0.4, 0.5) is 13.2 Å². The molecule has 1 aliphatic rings. The van der Waals surface area contributed by atoms with Gasteiger partial charge in [-0.05, 0) is 30.2 Å². The third kappa shape index (κ3) is 2.51. The van der Waals surface area contributed by atoms with Gasteiger partial charge in [0, 0.05) is 5.56 Å². The smallest absolute Gasteiger partial charge is 0.416 e. The molecule has 0 amide bonds. The number of hydrogen-bond acceptors (Lipinski definition) is 4. The Bertz CT molecular complexity index is 838. The molecule has 0 saturated carbocycles. The molecule has 0 aliphatic heterocycles. The molecule has 0 spiro atoms. The van der Waals surface area contributed by atoms with Crippen molar-refractivity contribution in [2.75, 3.05) is 0 Å². The van der Waals surface area contributed by atoms with Crippen molar-refractivity contribution in [3.05, 3.63) is 58.7 Å². The van der Waals surface area contributed by atoms with Gasteiger partial charge in [-0.1, -0.05) is 18.2 Å². The summed E-state index contributed by atoms with van der Waals surface area (Å²) < 4.78 is 37.7. The number of Topliss-reactive ketones (excluding diaryl/α,β-unsaturated/α-hetero) is 2. The number of fused-ring (bicyclic) bond motifs is 1. The van der Waals surface area contributed by atoms with E-state index in [-0.39, 0.29) is 17.5 Å². The minimum absolute atomic E-state index is 0.0159. The van der Waals surface area contributed by atoms with Gasteiger partial charge < -0.3 is 10.2 Å². The van der Waals surface area contributed by atoms with Gasteiger partial charge in [-0.2, -0.15) is 13.2 Å². The monoisotopic (exact) mass is 336 g/mol. The van der Waals surface area contributed by atoms with Crippen LogP contribution in [0.3, 0.4) is 0 Å². The molecule has 0 bridgehead atoms. The van der Waals surface area contributed by atoms with E-state index in [0.29, 0.717) is 5.56 Å². The van der Waals surface area contributed by atoms with Crippen molar-refractivity contribution < 1.29 is 33.0 Å². The summed E-state index contributed by atoms with van der Waals surface area (Å²) in [6.07, 6.45) is -4.48. The Balaban J connectivity index is 1.90. The van der Waals surface area contributed by atoms with Gasteiger partial charge in [0.2, 0.25) is 0 Å². The Morgan fingerprint density at radius 2 is 1.67 bits per heavy atom. The first-order valence-electron chi connectivity index (χ1n) is 6.99. The summed E-state index contributed by atoms with van der Waals surface area (Å²) >= 11 is 0. The van der Waals surface area contributed by atoms with Gasteiger partial charge in [0.05, 0.1) is 17.0 Å². The molecule has 7 heteroatoms. The van der Waals surface area contributed by atoms with E-state index in [1.165, 1.54) is 12.1 Å². The molecule has 0 aromatic heterocycles. The number of aromatic hydroxyl groups is 2. The van der Waals surface area contributed by atoms with E-state index in [9.17, 15) is 33.0 Å². The van der Waals surface area contributed by atoms with E-state index in [1.807, 2.05) is 0 Å². The maximum Gasteiger partial charge on any atom is 0.416 e. The van der Waals surface area contributed by atoms with Crippen molar-refractivity contribution in [1.82, 2.24) is 0 Å². The van der Waals surface area contributed by atoms with Gasteiger partial charge in [0.1, 0.15) is 0 Å². The van der Waals surface area contributed by atoms with Crippen LogP contribution >= 0.6 is 0 Å². The summed E-state index contributed by atoms with van der Waals surface area (Å²) in [5.74, 6) is -3.44. The first-order valence-corrected chi connectivity index (χ1v) is 6.99. The van der Waals surface area contributed by atoms with Crippen molar-refractivity contribution in [1.29, 1.82) is 0 Å². The summed E-state index contributed by atoms with van der Waals surface area (Å²) in [6.45, 7) is 0. The number of ketones is 2. The van der Waals surface area contributed by atoms with Crippen LogP contribution in [-0.4, -0.2) is 21.8 Å². The Kier molecular flexibility index (Phi) is 3.59. The minimum Gasteiger partial charge on any atom is -0.504 e. The molecule has 1 atom stereocenters. The zero-order chi connectivity index (χ0) is 17.6. The van der Waals surface area contributed by atoms with Crippen LogP contribution in [-0.2, 0) is 12.6 Å². The average molecular weight is 336 g/mol. The van der Waals surface area contributed by atoms with E-state index in [1.54, 1.807) is 0 Å². The van der Waals surface area contributed by atoms with Crippen molar-refractivity contribution in [2.24, 2.45) is 5.92 Å². The minimum atomic E-state index is -4.51. The highest BCUT2D eigenvalue weighted by Gasteiger charge is 2.39. The molecule has 0 saturated heterocycles. The Morgan fingerprint density at radius 1 is 1.04 bits per heavy atom. The molecule has 4 nitrogen and oxygen atoms in total. The molecule has 2 aromatic carbocycles. The van der Waals surface area contributed by atoms with E-state index in [0.717, 1.165) is 24.3 Å². The predicted octanol–water partition coefficient (Wildman–Crippen LogP) is 3.35. The maximum absolute atomic E-state index is 12.6. The van der Waals surface area contributed by atoms with Crippen LogP contribution in [0.25, 0.3) is 0 Å². The lowest BCUT2D eigenvalue weighted by molar-refractivity contribution is -0.137. The van der Waals surface area contributed by atoms with Gasteiger partial charge in [0.25, 0.3) is 0 Å². The van der Waals surface area contributed by atoms with Gasteiger partial charge in [-0.25, -0.2) is 0 Å². The zero-order valence-electron chi connectivity index (χ0n) is 12.1. The van der Waals surface area contributed by atoms with Crippen LogP contribution in [0.5, 0.6) is 11.5 Å². The zero-order valence-corrected chi connectivity index (χ0v) is 12.1. The molecule has 2 aromatic rings.